The van der Waals surface area contributed by atoms with Crippen LogP contribution < -0.4 is 11.5 Å². The number of nitrogens with two attached hydrogens (primary N) is 2. The first kappa shape index (κ1) is 10.6. The zero-order valence-electron chi connectivity index (χ0n) is 8.56. The Morgan fingerprint density at radius 2 is 1.19 bits per heavy atom. The van der Waals surface area contributed by atoms with E-state index in [2.05, 4.69) is 19.9 Å². The molecule has 0 aliphatic rings. The highest BCUT2D eigenvalue weighted by atomic mass is 14.9. The number of hydrogen-bond donors (Lipinski definition) is 2. The lowest BCUT2D eigenvalue weighted by molar-refractivity contribution is 0.544. The molecule has 2 rings (SSSR count). The van der Waals surface area contributed by atoms with Crippen LogP contribution in [0.1, 0.15) is 23.5 Å². The van der Waals surface area contributed by atoms with Crippen LogP contribution in [0, 0.1) is 0 Å². The van der Waals surface area contributed by atoms with Crippen LogP contribution in [-0.2, 0) is 0 Å². The molecule has 4 N–H and O–H groups in total. The van der Waals surface area contributed by atoms with Gasteiger partial charge in [-0.2, -0.15) is 0 Å². The van der Waals surface area contributed by atoms with Crippen LogP contribution in [0.15, 0.2) is 37.2 Å². The zero-order valence-corrected chi connectivity index (χ0v) is 8.56. The first-order valence-electron chi connectivity index (χ1n) is 4.82. The molecule has 0 aliphatic carbocycles. The summed E-state index contributed by atoms with van der Waals surface area (Å²) in [4.78, 5) is 16.1. The summed E-state index contributed by atoms with van der Waals surface area (Å²) in [6.07, 6.45) is 9.53. The van der Waals surface area contributed by atoms with E-state index in [0.717, 1.165) is 0 Å². The first-order chi connectivity index (χ1) is 7.79. The van der Waals surface area contributed by atoms with Crippen molar-refractivity contribution in [2.75, 3.05) is 0 Å². The Bertz CT molecular complexity index is 388. The molecule has 16 heavy (non-hydrogen) atoms. The molecule has 6 nitrogen and oxygen atoms in total. The summed E-state index contributed by atoms with van der Waals surface area (Å²) in [5.41, 5.74) is 13.2. The van der Waals surface area contributed by atoms with Crippen LogP contribution in [-0.4, -0.2) is 19.9 Å². The maximum atomic E-state index is 5.98. The Hall–Kier alpha value is -1.92. The third kappa shape index (κ3) is 2.18. The van der Waals surface area contributed by atoms with E-state index in [4.69, 9.17) is 11.5 Å². The monoisotopic (exact) mass is 216 g/mol. The smallest absolute Gasteiger partial charge is 0.0773 e. The molecule has 2 heterocycles. The molecule has 0 fully saturated rings. The number of nitrogens with zero attached hydrogens (tertiary/aromatic N) is 4. The van der Waals surface area contributed by atoms with Crippen molar-refractivity contribution in [2.24, 2.45) is 11.5 Å². The largest absolute Gasteiger partial charge is 0.321 e. The van der Waals surface area contributed by atoms with Crippen molar-refractivity contribution in [1.82, 2.24) is 19.9 Å². The lowest BCUT2D eigenvalue weighted by Crippen LogP contribution is -2.28. The summed E-state index contributed by atoms with van der Waals surface area (Å²) in [5.74, 6) is 0. The number of hydrogen-bond acceptors (Lipinski definition) is 6. The molecule has 0 radical (unpaired) electrons. The molecule has 2 aromatic rings. The molecule has 0 spiro atoms. The van der Waals surface area contributed by atoms with Gasteiger partial charge in [0.2, 0.25) is 0 Å². The van der Waals surface area contributed by atoms with E-state index in [9.17, 15) is 0 Å². The highest BCUT2D eigenvalue weighted by molar-refractivity contribution is 5.12. The minimum atomic E-state index is -0.439. The topological polar surface area (TPSA) is 104 Å². The summed E-state index contributed by atoms with van der Waals surface area (Å²) in [7, 11) is 0. The summed E-state index contributed by atoms with van der Waals surface area (Å²) in [5, 5.41) is 0. The van der Waals surface area contributed by atoms with E-state index in [0.29, 0.717) is 11.4 Å². The van der Waals surface area contributed by atoms with Crippen LogP contribution >= 0.6 is 0 Å². The molecule has 82 valence electrons. The van der Waals surface area contributed by atoms with Gasteiger partial charge in [-0.3, -0.25) is 19.9 Å². The van der Waals surface area contributed by atoms with Crippen molar-refractivity contribution in [1.29, 1.82) is 0 Å². The van der Waals surface area contributed by atoms with Crippen LogP contribution in [0.25, 0.3) is 0 Å². The van der Waals surface area contributed by atoms with Gasteiger partial charge in [0, 0.05) is 24.8 Å². The molecule has 6 heteroatoms. The van der Waals surface area contributed by atoms with Crippen molar-refractivity contribution < 1.29 is 0 Å². The van der Waals surface area contributed by atoms with Gasteiger partial charge in [0.1, 0.15) is 0 Å². The lowest BCUT2D eigenvalue weighted by atomic mass is 10.0. The quantitative estimate of drug-likeness (QED) is 0.746. The summed E-state index contributed by atoms with van der Waals surface area (Å²) in [6.45, 7) is 0. The predicted octanol–water partition coefficient (Wildman–Crippen LogP) is -0.0336. The van der Waals surface area contributed by atoms with Crippen LogP contribution in [0.4, 0.5) is 0 Å². The molecule has 2 aromatic heterocycles. The Balaban J connectivity index is 2.20. The van der Waals surface area contributed by atoms with Gasteiger partial charge in [-0.1, -0.05) is 0 Å². The van der Waals surface area contributed by atoms with Crippen molar-refractivity contribution in [3.63, 3.8) is 0 Å². The fourth-order valence-corrected chi connectivity index (χ4v) is 1.33. The van der Waals surface area contributed by atoms with Crippen molar-refractivity contribution >= 4 is 0 Å². The molecule has 0 amide bonds. The zero-order chi connectivity index (χ0) is 11.4. The van der Waals surface area contributed by atoms with Gasteiger partial charge in [-0.25, -0.2) is 0 Å². The molecule has 2 unspecified atom stereocenters. The average molecular weight is 216 g/mol. The standard InChI is InChI=1S/C10H12N6/c11-9(7-5-13-1-3-15-7)10(12)8-6-14-2-4-16-8/h1-6,9-10H,11-12H2. The molecule has 0 aromatic carbocycles. The second-order valence-electron chi connectivity index (χ2n) is 3.31. The van der Waals surface area contributed by atoms with Gasteiger partial charge in [0.25, 0.3) is 0 Å². The second-order valence-corrected chi connectivity index (χ2v) is 3.31. The van der Waals surface area contributed by atoms with E-state index in [1.165, 1.54) is 0 Å². The average Bonchev–Trinajstić information content (AvgIpc) is 2.39. The van der Waals surface area contributed by atoms with Gasteiger partial charge >= 0.3 is 0 Å². The van der Waals surface area contributed by atoms with Crippen LogP contribution in [0.5, 0.6) is 0 Å². The fraction of sp³-hybridized carbons (Fsp3) is 0.200. The van der Waals surface area contributed by atoms with E-state index in [1.54, 1.807) is 37.2 Å². The summed E-state index contributed by atoms with van der Waals surface area (Å²) >= 11 is 0. The summed E-state index contributed by atoms with van der Waals surface area (Å²) in [6, 6.07) is -0.879. The maximum absolute atomic E-state index is 5.98. The molecule has 0 bridgehead atoms. The predicted molar refractivity (Wildman–Crippen MR) is 57.9 cm³/mol. The Morgan fingerprint density at radius 3 is 1.50 bits per heavy atom. The Kier molecular flexibility index (Phi) is 3.13. The van der Waals surface area contributed by atoms with E-state index in [-0.39, 0.29) is 0 Å². The van der Waals surface area contributed by atoms with Gasteiger partial charge in [0.15, 0.2) is 0 Å². The van der Waals surface area contributed by atoms with Gasteiger partial charge < -0.3 is 11.5 Å². The highest BCUT2D eigenvalue weighted by Gasteiger charge is 2.19. The Morgan fingerprint density at radius 1 is 0.750 bits per heavy atom. The minimum Gasteiger partial charge on any atom is -0.321 e. The molecule has 0 saturated carbocycles. The first-order valence-corrected chi connectivity index (χ1v) is 4.82. The molecule has 0 aliphatic heterocycles. The van der Waals surface area contributed by atoms with Gasteiger partial charge in [-0.15, -0.1) is 0 Å². The maximum Gasteiger partial charge on any atom is 0.0773 e. The van der Waals surface area contributed by atoms with E-state index < -0.39 is 12.1 Å². The SMILES string of the molecule is NC(c1cnccn1)C(N)c1cnccn1. The molecular weight excluding hydrogens is 204 g/mol. The Labute approximate surface area is 92.8 Å². The van der Waals surface area contributed by atoms with Crippen molar-refractivity contribution in [3.05, 3.63) is 48.6 Å². The second kappa shape index (κ2) is 4.73. The number of rotatable bonds is 3. The third-order valence-electron chi connectivity index (χ3n) is 2.24. The number of aromatic nitrogens is 4. The minimum absolute atomic E-state index is 0.439. The third-order valence-corrected chi connectivity index (χ3v) is 2.24. The van der Waals surface area contributed by atoms with Crippen LogP contribution in [0.3, 0.4) is 0 Å². The highest BCUT2D eigenvalue weighted by Crippen LogP contribution is 2.19. The van der Waals surface area contributed by atoms with Crippen LogP contribution in [0.2, 0.25) is 0 Å². The fourth-order valence-electron chi connectivity index (χ4n) is 1.33. The molecule has 0 saturated heterocycles. The van der Waals surface area contributed by atoms with E-state index in [1.807, 2.05) is 0 Å². The van der Waals surface area contributed by atoms with Crippen molar-refractivity contribution in [3.8, 4) is 0 Å². The van der Waals surface area contributed by atoms with Crippen molar-refractivity contribution in [2.45, 2.75) is 12.1 Å². The molecule has 2 atom stereocenters. The molecular formula is C10H12N6. The van der Waals surface area contributed by atoms with Gasteiger partial charge in [-0.05, 0) is 0 Å². The van der Waals surface area contributed by atoms with E-state index >= 15 is 0 Å². The summed E-state index contributed by atoms with van der Waals surface area (Å²) < 4.78 is 0. The van der Waals surface area contributed by atoms with Gasteiger partial charge in [0.05, 0.1) is 35.9 Å². The lowest BCUT2D eigenvalue weighted by Gasteiger charge is -2.17. The normalized spacial score (nSPS) is 14.4.